The summed E-state index contributed by atoms with van der Waals surface area (Å²) in [5, 5.41) is 3.41. The van der Waals surface area contributed by atoms with E-state index in [-0.39, 0.29) is 5.41 Å². The molecular weight excluding hydrogens is 338 g/mol. The van der Waals surface area contributed by atoms with Crippen molar-refractivity contribution >= 4 is 5.91 Å². The number of epoxide rings is 1. The summed E-state index contributed by atoms with van der Waals surface area (Å²) < 4.78 is 6.24. The lowest BCUT2D eigenvalue weighted by Crippen LogP contribution is -2.55. The van der Waals surface area contributed by atoms with Gasteiger partial charge in [0.25, 0.3) is 5.91 Å². The van der Waals surface area contributed by atoms with Gasteiger partial charge in [0.2, 0.25) is 0 Å². The third kappa shape index (κ3) is 2.00. The van der Waals surface area contributed by atoms with Gasteiger partial charge in [-0.3, -0.25) is 4.79 Å². The van der Waals surface area contributed by atoms with Crippen LogP contribution in [0.25, 0.3) is 10.4 Å². The zero-order valence-corrected chi connectivity index (χ0v) is 17.0. The fraction of sp³-hybridized carbons (Fsp3) is 0.955. The average Bonchev–Trinajstić information content (AvgIpc) is 3.17. The van der Waals surface area contributed by atoms with E-state index in [1.165, 1.54) is 44.9 Å². The molecule has 5 nitrogen and oxygen atoms in total. The van der Waals surface area contributed by atoms with Crippen LogP contribution in [0.15, 0.2) is 5.11 Å². The molecule has 1 aliphatic heterocycles. The van der Waals surface area contributed by atoms with Crippen LogP contribution in [0.3, 0.4) is 0 Å². The first-order chi connectivity index (χ1) is 12.8. The van der Waals surface area contributed by atoms with Gasteiger partial charge in [0.15, 0.2) is 5.60 Å². The minimum Gasteiger partial charge on any atom is -0.354 e. The van der Waals surface area contributed by atoms with Gasteiger partial charge in [0.05, 0.1) is 0 Å². The lowest BCUT2D eigenvalue weighted by molar-refractivity contribution is -0.123. The van der Waals surface area contributed by atoms with Gasteiger partial charge in [0.1, 0.15) is 5.60 Å². The normalized spacial score (nSPS) is 55.8. The highest BCUT2D eigenvalue weighted by Crippen LogP contribution is 2.75. The van der Waals surface area contributed by atoms with E-state index in [1.807, 2.05) is 6.92 Å². The predicted molar refractivity (Wildman–Crippen MR) is 103 cm³/mol. The highest BCUT2D eigenvalue weighted by atomic mass is 16.6. The van der Waals surface area contributed by atoms with Crippen LogP contribution in [-0.4, -0.2) is 17.1 Å². The summed E-state index contributed by atoms with van der Waals surface area (Å²) in [6, 6.07) is 0. The van der Waals surface area contributed by atoms with Crippen molar-refractivity contribution in [2.24, 2.45) is 39.6 Å². The monoisotopic (exact) mass is 371 g/mol. The molecule has 0 aromatic carbocycles. The molecule has 0 aromatic heterocycles. The number of hydrogen-bond acceptors (Lipinski definition) is 2. The molecule has 1 spiro atoms. The van der Waals surface area contributed by atoms with E-state index >= 15 is 0 Å². The zero-order chi connectivity index (χ0) is 19.1. The molecule has 8 atom stereocenters. The van der Waals surface area contributed by atoms with E-state index < -0.39 is 17.1 Å². The molecule has 1 amide bonds. The number of azide groups is 1. The van der Waals surface area contributed by atoms with Crippen LogP contribution in [0.4, 0.5) is 0 Å². The van der Waals surface area contributed by atoms with Crippen molar-refractivity contribution in [2.45, 2.75) is 96.2 Å². The van der Waals surface area contributed by atoms with E-state index in [2.05, 4.69) is 23.9 Å². The number of rotatable bonds is 1. The Morgan fingerprint density at radius 3 is 2.56 bits per heavy atom. The minimum absolute atomic E-state index is 0.0431. The lowest BCUT2D eigenvalue weighted by atomic mass is 9.44. The van der Waals surface area contributed by atoms with E-state index in [0.717, 1.165) is 37.0 Å². The van der Waals surface area contributed by atoms with E-state index in [9.17, 15) is 4.79 Å². The number of carbonyl (C=O) groups excluding carboxylic acids is 1. The minimum atomic E-state index is -0.901. The molecule has 5 rings (SSSR count). The summed E-state index contributed by atoms with van der Waals surface area (Å²) in [6.07, 6.45) is 13.0. The second-order valence-corrected chi connectivity index (χ2v) is 10.9. The molecular formula is C22H33N3O2. The molecule has 5 fully saturated rings. The molecule has 1 saturated heterocycles. The summed E-state index contributed by atoms with van der Waals surface area (Å²) in [4.78, 5) is 15.2. The largest absolute Gasteiger partial charge is 0.354 e. The van der Waals surface area contributed by atoms with E-state index in [0.29, 0.717) is 11.3 Å². The number of hydrogen-bond donors (Lipinski definition) is 0. The summed E-state index contributed by atoms with van der Waals surface area (Å²) in [6.45, 7) is 6.85. The number of nitrogens with zero attached hydrogens (tertiary/aromatic N) is 3. The third-order valence-electron chi connectivity index (χ3n) is 10.4. The third-order valence-corrected chi connectivity index (χ3v) is 10.4. The summed E-state index contributed by atoms with van der Waals surface area (Å²) in [7, 11) is 0. The van der Waals surface area contributed by atoms with Crippen molar-refractivity contribution in [1.29, 1.82) is 0 Å². The van der Waals surface area contributed by atoms with E-state index in [4.69, 9.17) is 10.3 Å². The maximum atomic E-state index is 12.5. The average molecular weight is 372 g/mol. The number of carbonyl (C=O) groups is 1. The standard InChI is InChI=1S/C22H33N3O2/c1-19-11-5-4-6-14(19)7-8-15-16(19)9-12-20(2)17(15)10-13-22(20)21(3,27-22)18(26)24-25-23/h14-17H,4-13H2,1-3H3/t14?,15-,16+,17+,19+,20+,21+,22-/m1/s1. The fourth-order valence-corrected chi connectivity index (χ4v) is 8.92. The Bertz CT molecular complexity index is 733. The molecule has 5 aliphatic rings. The van der Waals surface area contributed by atoms with Gasteiger partial charge >= 0.3 is 0 Å². The van der Waals surface area contributed by atoms with Gasteiger partial charge in [0, 0.05) is 10.3 Å². The van der Waals surface area contributed by atoms with Crippen LogP contribution < -0.4 is 0 Å². The van der Waals surface area contributed by atoms with Crippen LogP contribution in [0.1, 0.15) is 85.0 Å². The molecule has 0 radical (unpaired) electrons. The van der Waals surface area contributed by atoms with Crippen LogP contribution in [0.2, 0.25) is 0 Å². The van der Waals surface area contributed by atoms with Gasteiger partial charge in [-0.05, 0) is 98.0 Å². The molecule has 1 unspecified atom stereocenters. The van der Waals surface area contributed by atoms with Gasteiger partial charge in [-0.2, -0.15) is 0 Å². The Balaban J connectivity index is 1.46. The summed E-state index contributed by atoms with van der Waals surface area (Å²) in [5.74, 6) is 2.79. The quantitative estimate of drug-likeness (QED) is 0.253. The van der Waals surface area contributed by atoms with Gasteiger partial charge in [-0.1, -0.05) is 26.7 Å². The molecule has 4 saturated carbocycles. The Labute approximate surface area is 162 Å². The second-order valence-electron chi connectivity index (χ2n) is 10.9. The molecule has 27 heavy (non-hydrogen) atoms. The second kappa shape index (κ2) is 5.51. The first-order valence-corrected chi connectivity index (χ1v) is 11.1. The first kappa shape index (κ1) is 18.0. The maximum absolute atomic E-state index is 12.5. The molecule has 148 valence electrons. The zero-order valence-electron chi connectivity index (χ0n) is 17.0. The molecule has 5 heteroatoms. The van der Waals surface area contributed by atoms with E-state index in [1.54, 1.807) is 0 Å². The van der Waals surface area contributed by atoms with Crippen molar-refractivity contribution in [3.8, 4) is 0 Å². The first-order valence-electron chi connectivity index (χ1n) is 11.1. The van der Waals surface area contributed by atoms with Crippen LogP contribution in [-0.2, 0) is 9.53 Å². The van der Waals surface area contributed by atoms with Crippen LogP contribution in [0, 0.1) is 34.5 Å². The smallest absolute Gasteiger partial charge is 0.253 e. The summed E-state index contributed by atoms with van der Waals surface area (Å²) >= 11 is 0. The fourth-order valence-electron chi connectivity index (χ4n) is 8.92. The number of fused-ring (bicyclic) bond motifs is 6. The SMILES string of the molecule is C[C@]12CCCCC1CC[C@@H]1[C@@H]2CC[C@@]2(C)[C@H]1CC[C@@]21O[C@@]1(C)C(=O)N=[N+]=[N-]. The van der Waals surface area contributed by atoms with Crippen LogP contribution >= 0.6 is 0 Å². The molecule has 0 bridgehead atoms. The van der Waals surface area contributed by atoms with Crippen molar-refractivity contribution in [3.63, 3.8) is 0 Å². The highest BCUT2D eigenvalue weighted by molar-refractivity contribution is 5.90. The predicted octanol–water partition coefficient (Wildman–Crippen LogP) is 5.78. The Morgan fingerprint density at radius 1 is 1.00 bits per heavy atom. The van der Waals surface area contributed by atoms with Gasteiger partial charge < -0.3 is 4.74 Å². The Morgan fingerprint density at radius 2 is 1.78 bits per heavy atom. The van der Waals surface area contributed by atoms with Gasteiger partial charge in [-0.15, -0.1) is 0 Å². The van der Waals surface area contributed by atoms with Crippen LogP contribution in [0.5, 0.6) is 0 Å². The molecule has 1 heterocycles. The van der Waals surface area contributed by atoms with Crippen molar-refractivity contribution < 1.29 is 9.53 Å². The topological polar surface area (TPSA) is 78.4 Å². The molecule has 4 aliphatic carbocycles. The number of amides is 1. The van der Waals surface area contributed by atoms with Gasteiger partial charge in [-0.25, -0.2) is 0 Å². The highest BCUT2D eigenvalue weighted by Gasteiger charge is 2.82. The van der Waals surface area contributed by atoms with Crippen molar-refractivity contribution in [1.82, 2.24) is 0 Å². The Hall–Kier alpha value is -1.06. The van der Waals surface area contributed by atoms with Crippen molar-refractivity contribution in [2.75, 3.05) is 0 Å². The Kier molecular flexibility index (Phi) is 3.67. The summed E-state index contributed by atoms with van der Waals surface area (Å²) in [5.41, 5.74) is 8.01. The molecule has 0 N–H and O–H groups in total. The van der Waals surface area contributed by atoms with Crippen molar-refractivity contribution in [3.05, 3.63) is 10.4 Å². The molecule has 0 aromatic rings. The lowest BCUT2D eigenvalue weighted by Gasteiger charge is -2.60. The number of ether oxygens (including phenoxy) is 1. The maximum Gasteiger partial charge on any atom is 0.253 e.